The molecule has 0 fully saturated rings. The van der Waals surface area contributed by atoms with Gasteiger partial charge in [-0.15, -0.1) is 0 Å². The van der Waals surface area contributed by atoms with Crippen LogP contribution in [0.4, 0.5) is 24.5 Å². The summed E-state index contributed by atoms with van der Waals surface area (Å²) < 4.78 is 43.7. The first-order valence-corrected chi connectivity index (χ1v) is 7.64. The Balaban J connectivity index is 2.08. The maximum absolute atomic E-state index is 12.9. The fourth-order valence-corrected chi connectivity index (χ4v) is 2.40. The van der Waals surface area contributed by atoms with Gasteiger partial charge in [-0.2, -0.15) is 13.2 Å². The summed E-state index contributed by atoms with van der Waals surface area (Å²) >= 11 is 0. The maximum Gasteiger partial charge on any atom is 0.391 e. The number of hydrogen-bond donors (Lipinski definition) is 2. The van der Waals surface area contributed by atoms with Crippen LogP contribution < -0.4 is 15.4 Å². The lowest BCUT2D eigenvalue weighted by molar-refractivity contribution is -0.136. The SMILES string of the molecule is COc1ccc(NC(CNc2ccccc2)CC(F)(F)F)c(C)c1. The monoisotopic (exact) mass is 338 g/mol. The second-order valence-corrected chi connectivity index (χ2v) is 5.59. The number of anilines is 2. The number of alkyl halides is 3. The number of rotatable bonds is 7. The molecule has 0 radical (unpaired) electrons. The van der Waals surface area contributed by atoms with Crippen LogP contribution >= 0.6 is 0 Å². The van der Waals surface area contributed by atoms with Crippen molar-refractivity contribution >= 4 is 11.4 Å². The highest BCUT2D eigenvalue weighted by atomic mass is 19.4. The fraction of sp³-hybridized carbons (Fsp3) is 0.333. The molecule has 0 amide bonds. The van der Waals surface area contributed by atoms with Gasteiger partial charge >= 0.3 is 6.18 Å². The number of methoxy groups -OCH3 is 1. The van der Waals surface area contributed by atoms with Crippen molar-refractivity contribution in [1.29, 1.82) is 0 Å². The highest BCUT2D eigenvalue weighted by Gasteiger charge is 2.32. The van der Waals surface area contributed by atoms with Crippen molar-refractivity contribution < 1.29 is 17.9 Å². The van der Waals surface area contributed by atoms with E-state index in [-0.39, 0.29) is 6.54 Å². The quantitative estimate of drug-likeness (QED) is 0.757. The summed E-state index contributed by atoms with van der Waals surface area (Å²) in [4.78, 5) is 0. The van der Waals surface area contributed by atoms with Crippen LogP contribution in [-0.4, -0.2) is 25.9 Å². The molecule has 130 valence electrons. The van der Waals surface area contributed by atoms with Crippen LogP contribution in [0.5, 0.6) is 5.75 Å². The van der Waals surface area contributed by atoms with E-state index < -0.39 is 18.6 Å². The summed E-state index contributed by atoms with van der Waals surface area (Å²) in [6.45, 7) is 2.00. The lowest BCUT2D eigenvalue weighted by atomic mass is 10.1. The zero-order valence-corrected chi connectivity index (χ0v) is 13.7. The molecule has 2 rings (SSSR count). The Morgan fingerprint density at radius 1 is 1.08 bits per heavy atom. The topological polar surface area (TPSA) is 33.3 Å². The molecule has 2 aromatic carbocycles. The predicted octanol–water partition coefficient (Wildman–Crippen LogP) is 4.85. The summed E-state index contributed by atoms with van der Waals surface area (Å²) in [7, 11) is 1.55. The van der Waals surface area contributed by atoms with E-state index >= 15 is 0 Å². The molecule has 0 aliphatic rings. The van der Waals surface area contributed by atoms with E-state index in [1.807, 2.05) is 37.3 Å². The molecule has 0 aromatic heterocycles. The minimum absolute atomic E-state index is 0.162. The normalized spacial score (nSPS) is 12.5. The van der Waals surface area contributed by atoms with Gasteiger partial charge in [0, 0.05) is 17.9 Å². The molecule has 0 spiro atoms. The summed E-state index contributed by atoms with van der Waals surface area (Å²) in [6, 6.07) is 13.6. The van der Waals surface area contributed by atoms with E-state index in [1.54, 1.807) is 25.3 Å². The largest absolute Gasteiger partial charge is 0.497 e. The smallest absolute Gasteiger partial charge is 0.391 e. The number of benzene rings is 2. The standard InChI is InChI=1S/C18H21F3N2O/c1-13-10-16(24-2)8-9-17(13)23-15(11-18(19,20)21)12-22-14-6-4-3-5-7-14/h3-10,15,22-23H,11-12H2,1-2H3. The van der Waals surface area contributed by atoms with Gasteiger partial charge in [0.05, 0.1) is 19.6 Å². The van der Waals surface area contributed by atoms with Crippen molar-refractivity contribution in [2.24, 2.45) is 0 Å². The van der Waals surface area contributed by atoms with Gasteiger partial charge < -0.3 is 15.4 Å². The second kappa shape index (κ2) is 7.95. The van der Waals surface area contributed by atoms with Gasteiger partial charge in [0.2, 0.25) is 0 Å². The van der Waals surface area contributed by atoms with E-state index in [9.17, 15) is 13.2 Å². The molecule has 6 heteroatoms. The van der Waals surface area contributed by atoms with Gasteiger partial charge in [-0.05, 0) is 42.8 Å². The van der Waals surface area contributed by atoms with E-state index in [2.05, 4.69) is 10.6 Å². The van der Waals surface area contributed by atoms with E-state index in [0.29, 0.717) is 11.4 Å². The molecule has 1 atom stereocenters. The Kier molecular flexibility index (Phi) is 5.95. The van der Waals surface area contributed by atoms with Crippen molar-refractivity contribution in [2.75, 3.05) is 24.3 Å². The average molecular weight is 338 g/mol. The Hall–Kier alpha value is -2.37. The number of ether oxygens (including phenoxy) is 1. The molecule has 0 aliphatic carbocycles. The summed E-state index contributed by atoms with van der Waals surface area (Å²) in [5, 5.41) is 6.03. The Morgan fingerprint density at radius 2 is 1.79 bits per heavy atom. The molecule has 0 bridgehead atoms. The summed E-state index contributed by atoms with van der Waals surface area (Å²) in [6.07, 6.45) is -5.16. The molecule has 2 N–H and O–H groups in total. The highest BCUT2D eigenvalue weighted by molar-refractivity contribution is 5.54. The number of hydrogen-bond acceptors (Lipinski definition) is 3. The Bertz CT molecular complexity index is 644. The fourth-order valence-electron chi connectivity index (χ4n) is 2.40. The number of aryl methyl sites for hydroxylation is 1. The van der Waals surface area contributed by atoms with Crippen molar-refractivity contribution in [3.63, 3.8) is 0 Å². The van der Waals surface area contributed by atoms with Gasteiger partial charge in [-0.3, -0.25) is 0 Å². The molecule has 2 aromatic rings. The average Bonchev–Trinajstić information content (AvgIpc) is 2.54. The van der Waals surface area contributed by atoms with E-state index in [4.69, 9.17) is 4.74 Å². The van der Waals surface area contributed by atoms with Gasteiger partial charge in [-0.1, -0.05) is 18.2 Å². The van der Waals surface area contributed by atoms with Crippen LogP contribution in [0.15, 0.2) is 48.5 Å². The van der Waals surface area contributed by atoms with Crippen LogP contribution in [0.1, 0.15) is 12.0 Å². The van der Waals surface area contributed by atoms with Gasteiger partial charge in [0.25, 0.3) is 0 Å². The maximum atomic E-state index is 12.9. The molecule has 0 aliphatic heterocycles. The van der Waals surface area contributed by atoms with Crippen LogP contribution in [0, 0.1) is 6.92 Å². The first kappa shape index (κ1) is 18.0. The molecule has 3 nitrogen and oxygen atoms in total. The van der Waals surface area contributed by atoms with Crippen molar-refractivity contribution in [3.05, 3.63) is 54.1 Å². The number of para-hydroxylation sites is 1. The van der Waals surface area contributed by atoms with Crippen LogP contribution in [0.3, 0.4) is 0 Å². The first-order chi connectivity index (χ1) is 11.4. The van der Waals surface area contributed by atoms with E-state index in [0.717, 1.165) is 11.3 Å². The Morgan fingerprint density at radius 3 is 2.38 bits per heavy atom. The Labute approximate surface area is 139 Å². The lowest BCUT2D eigenvalue weighted by Crippen LogP contribution is -2.33. The molecular weight excluding hydrogens is 317 g/mol. The van der Waals surface area contributed by atoms with Gasteiger partial charge in [0.1, 0.15) is 5.75 Å². The van der Waals surface area contributed by atoms with Crippen molar-refractivity contribution in [1.82, 2.24) is 0 Å². The van der Waals surface area contributed by atoms with Gasteiger partial charge in [0.15, 0.2) is 0 Å². The van der Waals surface area contributed by atoms with Crippen LogP contribution in [0.2, 0.25) is 0 Å². The third-order valence-electron chi connectivity index (χ3n) is 3.60. The zero-order chi connectivity index (χ0) is 17.6. The second-order valence-electron chi connectivity index (χ2n) is 5.59. The molecular formula is C18H21F3N2O. The minimum Gasteiger partial charge on any atom is -0.497 e. The zero-order valence-electron chi connectivity index (χ0n) is 13.7. The molecule has 24 heavy (non-hydrogen) atoms. The highest BCUT2D eigenvalue weighted by Crippen LogP contribution is 2.26. The number of nitrogens with one attached hydrogen (secondary N) is 2. The van der Waals surface area contributed by atoms with E-state index in [1.165, 1.54) is 0 Å². The molecule has 1 unspecified atom stereocenters. The lowest BCUT2D eigenvalue weighted by Gasteiger charge is -2.23. The molecule has 0 heterocycles. The third kappa shape index (κ3) is 5.68. The van der Waals surface area contributed by atoms with Gasteiger partial charge in [-0.25, -0.2) is 0 Å². The minimum atomic E-state index is -4.24. The van der Waals surface area contributed by atoms with Crippen molar-refractivity contribution in [3.8, 4) is 5.75 Å². The van der Waals surface area contributed by atoms with Crippen LogP contribution in [-0.2, 0) is 0 Å². The van der Waals surface area contributed by atoms with Crippen molar-refractivity contribution in [2.45, 2.75) is 25.6 Å². The predicted molar refractivity (Wildman–Crippen MR) is 90.7 cm³/mol. The molecule has 0 saturated heterocycles. The first-order valence-electron chi connectivity index (χ1n) is 7.64. The third-order valence-corrected chi connectivity index (χ3v) is 3.60. The number of halogens is 3. The van der Waals surface area contributed by atoms with Crippen LogP contribution in [0.25, 0.3) is 0 Å². The summed E-state index contributed by atoms with van der Waals surface area (Å²) in [5.41, 5.74) is 2.29. The molecule has 0 saturated carbocycles. The summed E-state index contributed by atoms with van der Waals surface area (Å²) in [5.74, 6) is 0.674.